The topological polar surface area (TPSA) is 107 Å². The van der Waals surface area contributed by atoms with Crippen molar-refractivity contribution < 1.29 is 27.5 Å². The number of sulfone groups is 1. The third-order valence-electron chi connectivity index (χ3n) is 3.12. The molecule has 0 saturated heterocycles. The average Bonchev–Trinajstić information content (AvgIpc) is 2.59. The number of carbonyl (C=O) groups excluding carboxylic acids is 3. The number of hydrogen-bond donors (Lipinski definition) is 1. The molecule has 0 aliphatic rings. The molecule has 0 bridgehead atoms. The van der Waals surface area contributed by atoms with Gasteiger partial charge in [0.25, 0.3) is 11.8 Å². The lowest BCUT2D eigenvalue weighted by molar-refractivity contribution is -0.123. The second kappa shape index (κ2) is 7.71. The molecule has 2 aromatic rings. The van der Waals surface area contributed by atoms with Crippen LogP contribution in [0, 0.1) is 0 Å². The van der Waals surface area contributed by atoms with Gasteiger partial charge in [0.15, 0.2) is 16.4 Å². The number of nitrogens with one attached hydrogen (secondary N) is 1. The number of rotatable bonds is 5. The van der Waals surface area contributed by atoms with E-state index >= 15 is 0 Å². The molecule has 2 rings (SSSR count). The van der Waals surface area contributed by atoms with Gasteiger partial charge in [-0.15, -0.1) is 0 Å². The van der Waals surface area contributed by atoms with Gasteiger partial charge in [0, 0.05) is 11.8 Å². The SMILES string of the molecule is CS(=O)(=O)c1cccc(C(=O)OCC(=O)NC(=O)c2ccccc2)c1. The molecular weight excluding hydrogens is 346 g/mol. The Balaban J connectivity index is 1.94. The highest BCUT2D eigenvalue weighted by Crippen LogP contribution is 2.12. The first kappa shape index (κ1) is 18.3. The van der Waals surface area contributed by atoms with E-state index in [9.17, 15) is 22.8 Å². The van der Waals surface area contributed by atoms with Gasteiger partial charge in [-0.2, -0.15) is 0 Å². The van der Waals surface area contributed by atoms with Gasteiger partial charge in [0.2, 0.25) is 0 Å². The predicted octanol–water partition coefficient (Wildman–Crippen LogP) is 1.20. The molecule has 7 nitrogen and oxygen atoms in total. The van der Waals surface area contributed by atoms with Crippen molar-refractivity contribution in [3.05, 3.63) is 65.7 Å². The van der Waals surface area contributed by atoms with E-state index in [1.807, 2.05) is 0 Å². The minimum atomic E-state index is -3.47. The van der Waals surface area contributed by atoms with E-state index in [1.54, 1.807) is 18.2 Å². The van der Waals surface area contributed by atoms with E-state index in [-0.39, 0.29) is 10.5 Å². The van der Waals surface area contributed by atoms with Crippen LogP contribution in [-0.2, 0) is 19.4 Å². The van der Waals surface area contributed by atoms with Gasteiger partial charge in [-0.1, -0.05) is 24.3 Å². The highest BCUT2D eigenvalue weighted by atomic mass is 32.2. The second-order valence-electron chi connectivity index (χ2n) is 5.12. The Morgan fingerprint density at radius 2 is 1.60 bits per heavy atom. The molecule has 0 spiro atoms. The number of imide groups is 1. The molecule has 1 N–H and O–H groups in total. The summed E-state index contributed by atoms with van der Waals surface area (Å²) in [5.41, 5.74) is 0.285. The zero-order chi connectivity index (χ0) is 18.4. The van der Waals surface area contributed by atoms with Crippen LogP contribution in [0.3, 0.4) is 0 Å². The normalized spacial score (nSPS) is 10.8. The second-order valence-corrected chi connectivity index (χ2v) is 7.14. The zero-order valence-corrected chi connectivity index (χ0v) is 14.1. The van der Waals surface area contributed by atoms with E-state index < -0.39 is 34.2 Å². The van der Waals surface area contributed by atoms with Gasteiger partial charge in [-0.3, -0.25) is 14.9 Å². The summed E-state index contributed by atoms with van der Waals surface area (Å²) in [6, 6.07) is 13.3. The van der Waals surface area contributed by atoms with Crippen molar-refractivity contribution in [3.63, 3.8) is 0 Å². The number of esters is 1. The third-order valence-corrected chi connectivity index (χ3v) is 4.23. The summed E-state index contributed by atoms with van der Waals surface area (Å²) in [7, 11) is -3.47. The summed E-state index contributed by atoms with van der Waals surface area (Å²) in [5.74, 6) is -2.27. The summed E-state index contributed by atoms with van der Waals surface area (Å²) in [6.07, 6.45) is 1.01. The number of hydrogen-bond acceptors (Lipinski definition) is 6. The van der Waals surface area contributed by atoms with Gasteiger partial charge >= 0.3 is 5.97 Å². The molecule has 0 unspecified atom stereocenters. The van der Waals surface area contributed by atoms with Gasteiger partial charge in [0.05, 0.1) is 10.5 Å². The van der Waals surface area contributed by atoms with Crippen molar-refractivity contribution in [3.8, 4) is 0 Å². The monoisotopic (exact) mass is 361 g/mol. The summed E-state index contributed by atoms with van der Waals surface area (Å²) >= 11 is 0. The third kappa shape index (κ3) is 5.25. The van der Waals surface area contributed by atoms with Crippen LogP contribution in [0.4, 0.5) is 0 Å². The van der Waals surface area contributed by atoms with Gasteiger partial charge < -0.3 is 4.74 Å². The number of benzene rings is 2. The van der Waals surface area contributed by atoms with E-state index in [4.69, 9.17) is 4.74 Å². The predicted molar refractivity (Wildman–Crippen MR) is 88.7 cm³/mol. The molecule has 0 atom stereocenters. The van der Waals surface area contributed by atoms with Crippen molar-refractivity contribution in [2.45, 2.75) is 4.90 Å². The largest absolute Gasteiger partial charge is 0.452 e. The van der Waals surface area contributed by atoms with Gasteiger partial charge in [0.1, 0.15) is 0 Å². The molecule has 130 valence electrons. The summed E-state index contributed by atoms with van der Waals surface area (Å²) in [6.45, 7) is -0.666. The molecule has 0 fully saturated rings. The van der Waals surface area contributed by atoms with Crippen molar-refractivity contribution in [1.29, 1.82) is 0 Å². The van der Waals surface area contributed by atoms with Crippen LogP contribution in [0.25, 0.3) is 0 Å². The molecule has 2 aromatic carbocycles. The van der Waals surface area contributed by atoms with Crippen molar-refractivity contribution >= 4 is 27.6 Å². The highest BCUT2D eigenvalue weighted by molar-refractivity contribution is 7.90. The maximum atomic E-state index is 11.9. The van der Waals surface area contributed by atoms with Crippen LogP contribution in [-0.4, -0.2) is 39.1 Å². The van der Waals surface area contributed by atoms with E-state index in [2.05, 4.69) is 5.32 Å². The Labute approximate surface area is 144 Å². The van der Waals surface area contributed by atoms with Crippen molar-refractivity contribution in [2.24, 2.45) is 0 Å². The first-order valence-corrected chi connectivity index (χ1v) is 9.03. The molecule has 8 heteroatoms. The van der Waals surface area contributed by atoms with Crippen LogP contribution >= 0.6 is 0 Å². The standard InChI is InChI=1S/C17H15NO6S/c1-25(22,23)14-9-5-8-13(10-14)17(21)24-11-15(19)18-16(20)12-6-3-2-4-7-12/h2-10H,11H2,1H3,(H,18,19,20). The lowest BCUT2D eigenvalue weighted by atomic mass is 10.2. The molecule has 0 saturated carbocycles. The van der Waals surface area contributed by atoms with Crippen molar-refractivity contribution in [1.82, 2.24) is 5.32 Å². The summed E-state index contributed by atoms with van der Waals surface area (Å²) in [5, 5.41) is 2.09. The highest BCUT2D eigenvalue weighted by Gasteiger charge is 2.15. The molecular formula is C17H15NO6S. The number of carbonyl (C=O) groups is 3. The van der Waals surface area contributed by atoms with Crippen LogP contribution < -0.4 is 5.32 Å². The fourth-order valence-electron chi connectivity index (χ4n) is 1.89. The molecule has 0 radical (unpaired) electrons. The summed E-state index contributed by atoms with van der Waals surface area (Å²) in [4.78, 5) is 35.3. The lowest BCUT2D eigenvalue weighted by Gasteiger charge is -2.07. The molecule has 0 aliphatic heterocycles. The minimum Gasteiger partial charge on any atom is -0.452 e. The van der Waals surface area contributed by atoms with Gasteiger partial charge in [-0.05, 0) is 30.3 Å². The smallest absolute Gasteiger partial charge is 0.338 e. The Bertz CT molecular complexity index is 906. The number of amides is 2. The molecule has 2 amide bonds. The lowest BCUT2D eigenvalue weighted by Crippen LogP contribution is -2.34. The maximum Gasteiger partial charge on any atom is 0.338 e. The first-order chi connectivity index (χ1) is 11.8. The zero-order valence-electron chi connectivity index (χ0n) is 13.3. The van der Waals surface area contributed by atoms with Gasteiger partial charge in [-0.25, -0.2) is 13.2 Å². The quantitative estimate of drug-likeness (QED) is 0.802. The maximum absolute atomic E-state index is 11.9. The van der Waals surface area contributed by atoms with Crippen LogP contribution in [0.15, 0.2) is 59.5 Å². The molecule has 25 heavy (non-hydrogen) atoms. The Hall–Kier alpha value is -3.00. The van der Waals surface area contributed by atoms with Crippen LogP contribution in [0.2, 0.25) is 0 Å². The Morgan fingerprint density at radius 3 is 2.24 bits per heavy atom. The fraction of sp³-hybridized carbons (Fsp3) is 0.118. The number of ether oxygens (including phenoxy) is 1. The van der Waals surface area contributed by atoms with Crippen LogP contribution in [0.5, 0.6) is 0 Å². The fourth-order valence-corrected chi connectivity index (χ4v) is 2.56. The molecule has 0 aromatic heterocycles. The molecule has 0 heterocycles. The first-order valence-electron chi connectivity index (χ1n) is 7.14. The summed E-state index contributed by atoms with van der Waals surface area (Å²) < 4.78 is 27.7. The van der Waals surface area contributed by atoms with E-state index in [1.165, 1.54) is 30.3 Å². The Morgan fingerprint density at radius 1 is 0.960 bits per heavy atom. The van der Waals surface area contributed by atoms with E-state index in [0.29, 0.717) is 5.56 Å². The Kier molecular flexibility index (Phi) is 5.66. The molecule has 0 aliphatic carbocycles. The minimum absolute atomic E-state index is 0.00916. The average molecular weight is 361 g/mol. The van der Waals surface area contributed by atoms with Crippen molar-refractivity contribution in [2.75, 3.05) is 12.9 Å². The van der Waals surface area contributed by atoms with Crippen LogP contribution in [0.1, 0.15) is 20.7 Å². The van der Waals surface area contributed by atoms with E-state index in [0.717, 1.165) is 12.3 Å².